The van der Waals surface area contributed by atoms with Gasteiger partial charge in [-0.1, -0.05) is 46.3 Å². The van der Waals surface area contributed by atoms with Gasteiger partial charge in [-0.3, -0.25) is 24.3 Å². The number of amides is 1. The van der Waals surface area contributed by atoms with Crippen LogP contribution in [0.5, 0.6) is 0 Å². The smallest absolute Gasteiger partial charge is 0.346 e. The number of aromatic nitrogens is 2. The monoisotopic (exact) mass is 521 g/mol. The van der Waals surface area contributed by atoms with E-state index in [0.717, 1.165) is 5.56 Å². The van der Waals surface area contributed by atoms with E-state index in [-0.39, 0.29) is 12.4 Å². The Morgan fingerprint density at radius 3 is 2.45 bits per heavy atom. The molecule has 3 rings (SSSR count). The van der Waals surface area contributed by atoms with E-state index in [1.165, 1.54) is 31.9 Å². The van der Waals surface area contributed by atoms with Crippen molar-refractivity contribution in [2.75, 3.05) is 11.5 Å². The Labute approximate surface area is 198 Å². The summed E-state index contributed by atoms with van der Waals surface area (Å²) in [4.78, 5) is 55.1. The topological polar surface area (TPSA) is 128 Å². The molecule has 1 aromatic carbocycles. The number of nitrogens with one attached hydrogen (secondary N) is 1. The minimum Gasteiger partial charge on any atom is -0.463 e. The highest BCUT2D eigenvalue weighted by Gasteiger charge is 2.50. The first-order chi connectivity index (χ1) is 15.7. The molecular weight excluding hydrogens is 498 g/mol. The van der Waals surface area contributed by atoms with Gasteiger partial charge in [-0.15, -0.1) is 0 Å². The van der Waals surface area contributed by atoms with E-state index in [9.17, 15) is 19.2 Å². The molecule has 0 bridgehead atoms. The lowest BCUT2D eigenvalue weighted by Gasteiger charge is -2.31. The average Bonchev–Trinajstić information content (AvgIpc) is 3.04. The third kappa shape index (κ3) is 6.05. The number of H-pyrrole nitrogens is 1. The molecule has 1 fully saturated rings. The van der Waals surface area contributed by atoms with Crippen LogP contribution in [0, 0.1) is 0 Å². The van der Waals surface area contributed by atoms with E-state index in [4.69, 9.17) is 14.2 Å². The van der Waals surface area contributed by atoms with Crippen molar-refractivity contribution in [3.8, 4) is 0 Å². The molecule has 1 amide bonds. The van der Waals surface area contributed by atoms with Crippen molar-refractivity contribution in [3.63, 3.8) is 0 Å². The van der Waals surface area contributed by atoms with E-state index >= 15 is 0 Å². The second kappa shape index (κ2) is 10.7. The van der Waals surface area contributed by atoms with E-state index < -0.39 is 46.8 Å². The summed E-state index contributed by atoms with van der Waals surface area (Å²) in [5, 5.41) is 0. The molecule has 1 aliphatic rings. The summed E-state index contributed by atoms with van der Waals surface area (Å²) in [6.07, 6.45) is -0.966. The van der Waals surface area contributed by atoms with E-state index in [1.807, 2.05) is 30.3 Å². The first kappa shape index (κ1) is 24.6. The van der Waals surface area contributed by atoms with Crippen molar-refractivity contribution in [2.24, 2.45) is 0 Å². The fourth-order valence-corrected chi connectivity index (χ4v) is 4.24. The molecule has 0 spiro atoms. The number of anilines is 1. The van der Waals surface area contributed by atoms with E-state index in [0.29, 0.717) is 12.0 Å². The van der Waals surface area contributed by atoms with Gasteiger partial charge in [-0.05, 0) is 5.56 Å². The molecule has 0 radical (unpaired) electrons. The molecule has 1 aliphatic heterocycles. The minimum atomic E-state index is -1.09. The van der Waals surface area contributed by atoms with Gasteiger partial charge in [-0.25, -0.2) is 9.78 Å². The van der Waals surface area contributed by atoms with E-state index in [2.05, 4.69) is 25.9 Å². The van der Waals surface area contributed by atoms with Crippen molar-refractivity contribution in [3.05, 3.63) is 58.1 Å². The van der Waals surface area contributed by atoms with Crippen LogP contribution in [0.4, 0.5) is 5.82 Å². The highest BCUT2D eigenvalue weighted by atomic mass is 79.9. The number of benzene rings is 1. The van der Waals surface area contributed by atoms with Gasteiger partial charge in [0.15, 0.2) is 12.3 Å². The van der Waals surface area contributed by atoms with Crippen LogP contribution in [0.2, 0.25) is 0 Å². The summed E-state index contributed by atoms with van der Waals surface area (Å²) in [5.41, 5.74) is 0.851. The Morgan fingerprint density at radius 2 is 1.85 bits per heavy atom. The SMILES string of the molecule is CC(=O)OC[C@H]1O[C@@H](N(C(C)=O)c2[nH]c(=O)ncc2Cc2ccccc2)[C@H](OC(C)=O)[C@H]1Br. The third-order valence-corrected chi connectivity index (χ3v) is 6.07. The Kier molecular flexibility index (Phi) is 7.98. The normalized spacial score (nSPS) is 21.9. The molecule has 176 valence electrons. The predicted octanol–water partition coefficient (Wildman–Crippen LogP) is 1.70. The molecule has 1 saturated heterocycles. The molecule has 2 aromatic rings. The second-order valence-electron chi connectivity index (χ2n) is 7.50. The van der Waals surface area contributed by atoms with Crippen LogP contribution in [-0.2, 0) is 35.0 Å². The Bertz CT molecular complexity index is 1080. The Hall–Kier alpha value is -3.05. The standard InChI is InChI=1S/C22H24BrN3O7/c1-12(27)26(20-16(10-24-22(30)25-20)9-15-7-5-4-6-8-15)21-19(32-14(3)29)18(23)17(33-21)11-31-13(2)28/h4-8,10,17-19,21H,9,11H2,1-3H3,(H,24,25,30)/t17-,18+,19-,21-/m1/s1. The van der Waals surface area contributed by atoms with Crippen LogP contribution in [0.15, 0.2) is 41.3 Å². The average molecular weight is 522 g/mol. The highest BCUT2D eigenvalue weighted by molar-refractivity contribution is 9.09. The van der Waals surface area contributed by atoms with Crippen molar-refractivity contribution in [1.82, 2.24) is 9.97 Å². The maximum atomic E-state index is 12.8. The van der Waals surface area contributed by atoms with Crippen molar-refractivity contribution >= 4 is 39.6 Å². The second-order valence-corrected chi connectivity index (χ2v) is 8.56. The molecule has 11 heteroatoms. The summed E-state index contributed by atoms with van der Waals surface area (Å²) in [6.45, 7) is 3.69. The number of aromatic amines is 1. The largest absolute Gasteiger partial charge is 0.463 e. The summed E-state index contributed by atoms with van der Waals surface area (Å²) >= 11 is 3.45. The lowest BCUT2D eigenvalue weighted by atomic mass is 10.1. The number of carbonyl (C=O) groups is 3. The molecule has 1 aromatic heterocycles. The molecule has 33 heavy (non-hydrogen) atoms. The molecule has 0 aliphatic carbocycles. The maximum Gasteiger partial charge on any atom is 0.346 e. The molecule has 4 atom stereocenters. The number of esters is 2. The number of hydrogen-bond donors (Lipinski definition) is 1. The zero-order valence-electron chi connectivity index (χ0n) is 18.3. The molecule has 0 saturated carbocycles. The van der Waals surface area contributed by atoms with Crippen LogP contribution >= 0.6 is 15.9 Å². The number of nitrogens with zero attached hydrogens (tertiary/aromatic N) is 2. The summed E-state index contributed by atoms with van der Waals surface area (Å²) in [5.74, 6) is -1.36. The van der Waals surface area contributed by atoms with Gasteiger partial charge in [0.05, 0.1) is 4.83 Å². The zero-order valence-corrected chi connectivity index (χ0v) is 19.9. The van der Waals surface area contributed by atoms with Gasteiger partial charge in [0, 0.05) is 39.0 Å². The summed E-state index contributed by atoms with van der Waals surface area (Å²) in [7, 11) is 0. The Balaban J connectivity index is 2.02. The van der Waals surface area contributed by atoms with Gasteiger partial charge >= 0.3 is 17.6 Å². The number of ether oxygens (including phenoxy) is 3. The molecular formula is C22H24BrN3O7. The van der Waals surface area contributed by atoms with Gasteiger partial charge < -0.3 is 14.2 Å². The number of hydrogen-bond acceptors (Lipinski definition) is 8. The number of halogens is 1. The van der Waals surface area contributed by atoms with Gasteiger partial charge in [0.1, 0.15) is 18.5 Å². The maximum absolute atomic E-state index is 12.8. The van der Waals surface area contributed by atoms with Crippen molar-refractivity contribution in [2.45, 2.75) is 50.5 Å². The van der Waals surface area contributed by atoms with Crippen LogP contribution in [-0.4, -0.2) is 57.7 Å². The van der Waals surface area contributed by atoms with E-state index in [1.54, 1.807) is 0 Å². The van der Waals surface area contributed by atoms with Crippen molar-refractivity contribution < 1.29 is 28.6 Å². The minimum absolute atomic E-state index is 0.116. The highest BCUT2D eigenvalue weighted by Crippen LogP contribution is 2.35. The van der Waals surface area contributed by atoms with Crippen molar-refractivity contribution in [1.29, 1.82) is 0 Å². The zero-order chi connectivity index (χ0) is 24.1. The van der Waals surface area contributed by atoms with Crippen LogP contribution in [0.25, 0.3) is 0 Å². The fourth-order valence-electron chi connectivity index (χ4n) is 3.59. The van der Waals surface area contributed by atoms with Crippen LogP contribution in [0.3, 0.4) is 0 Å². The summed E-state index contributed by atoms with van der Waals surface area (Å²) in [6, 6.07) is 9.45. The molecule has 0 unspecified atom stereocenters. The quantitative estimate of drug-likeness (QED) is 0.430. The first-order valence-corrected chi connectivity index (χ1v) is 11.1. The molecule has 1 N–H and O–H groups in total. The summed E-state index contributed by atoms with van der Waals surface area (Å²) < 4.78 is 16.5. The van der Waals surface area contributed by atoms with Gasteiger partial charge in [-0.2, -0.15) is 0 Å². The fraction of sp³-hybridized carbons (Fsp3) is 0.409. The molecule has 10 nitrogen and oxygen atoms in total. The Morgan fingerprint density at radius 1 is 1.15 bits per heavy atom. The first-order valence-electron chi connectivity index (χ1n) is 10.2. The van der Waals surface area contributed by atoms with Gasteiger partial charge in [0.25, 0.3) is 0 Å². The lowest BCUT2D eigenvalue weighted by Crippen LogP contribution is -2.49. The number of carbonyl (C=O) groups excluding carboxylic acids is 3. The van der Waals surface area contributed by atoms with Crippen LogP contribution < -0.4 is 10.6 Å². The predicted molar refractivity (Wildman–Crippen MR) is 121 cm³/mol. The lowest BCUT2D eigenvalue weighted by molar-refractivity contribution is -0.150. The third-order valence-electron chi connectivity index (χ3n) is 4.96. The number of alkyl halides is 1. The molecule has 2 heterocycles. The van der Waals surface area contributed by atoms with Gasteiger partial charge in [0.2, 0.25) is 5.91 Å². The van der Waals surface area contributed by atoms with Crippen LogP contribution in [0.1, 0.15) is 31.9 Å². The number of rotatable bonds is 7.